The lowest BCUT2D eigenvalue weighted by atomic mass is 9.98. The van der Waals surface area contributed by atoms with Crippen LogP contribution in [-0.4, -0.2) is 31.7 Å². The molecule has 1 unspecified atom stereocenters. The molecule has 0 bridgehead atoms. The first-order valence-electron chi connectivity index (χ1n) is 9.01. The first-order chi connectivity index (χ1) is 12.8. The van der Waals surface area contributed by atoms with Crippen molar-refractivity contribution < 1.29 is 9.47 Å². The Labute approximate surface area is 154 Å². The van der Waals surface area contributed by atoms with E-state index >= 15 is 0 Å². The fraction of sp³-hybridized carbons (Fsp3) is 0.273. The lowest BCUT2D eigenvalue weighted by Gasteiger charge is -2.23. The number of ether oxygens (including phenoxy) is 2. The van der Waals surface area contributed by atoms with Crippen molar-refractivity contribution >= 4 is 10.8 Å². The molecule has 3 aromatic carbocycles. The molecule has 2 N–H and O–H groups in total. The molecule has 1 atom stereocenters. The topological polar surface area (TPSA) is 47.7 Å². The van der Waals surface area contributed by atoms with Gasteiger partial charge >= 0.3 is 0 Å². The molecule has 0 radical (unpaired) electrons. The standard InChI is InChI=1S/C22H24N2O2/c1-25-17-7-9-18(10-8-17)26-13-12-24-15-21-19-5-3-2-4-16(19)6-11-20(21)22(24)14-23/h2-11,22H,12-15,23H2,1H3. The van der Waals surface area contributed by atoms with Crippen LogP contribution in [0.3, 0.4) is 0 Å². The van der Waals surface area contributed by atoms with Crippen LogP contribution < -0.4 is 15.2 Å². The molecule has 26 heavy (non-hydrogen) atoms. The Morgan fingerprint density at radius 1 is 1.00 bits per heavy atom. The summed E-state index contributed by atoms with van der Waals surface area (Å²) < 4.78 is 11.1. The minimum atomic E-state index is 0.258. The number of nitrogens with zero attached hydrogens (tertiary/aromatic N) is 1. The summed E-state index contributed by atoms with van der Waals surface area (Å²) in [5.41, 5.74) is 8.86. The maximum atomic E-state index is 6.10. The molecule has 0 amide bonds. The molecule has 0 aromatic heterocycles. The summed E-state index contributed by atoms with van der Waals surface area (Å²) in [6.45, 7) is 3.02. The van der Waals surface area contributed by atoms with Gasteiger partial charge in [-0.1, -0.05) is 36.4 Å². The van der Waals surface area contributed by atoms with E-state index in [1.807, 2.05) is 24.3 Å². The second kappa shape index (κ2) is 7.36. The van der Waals surface area contributed by atoms with Crippen molar-refractivity contribution in [2.24, 2.45) is 5.73 Å². The second-order valence-electron chi connectivity index (χ2n) is 6.60. The number of methoxy groups -OCH3 is 1. The van der Waals surface area contributed by atoms with Crippen LogP contribution in [-0.2, 0) is 6.54 Å². The van der Waals surface area contributed by atoms with Crippen LogP contribution in [0.25, 0.3) is 10.8 Å². The quantitative estimate of drug-likeness (QED) is 0.737. The monoisotopic (exact) mass is 348 g/mol. The number of benzene rings is 3. The van der Waals surface area contributed by atoms with Gasteiger partial charge in [0.05, 0.1) is 7.11 Å². The Bertz CT molecular complexity index is 892. The van der Waals surface area contributed by atoms with Crippen LogP contribution in [0.2, 0.25) is 0 Å². The van der Waals surface area contributed by atoms with Crippen molar-refractivity contribution in [3.8, 4) is 11.5 Å². The van der Waals surface area contributed by atoms with Crippen LogP contribution >= 0.6 is 0 Å². The highest BCUT2D eigenvalue weighted by Gasteiger charge is 2.30. The first-order valence-corrected chi connectivity index (χ1v) is 9.01. The van der Waals surface area contributed by atoms with Crippen LogP contribution in [0.5, 0.6) is 11.5 Å². The van der Waals surface area contributed by atoms with E-state index in [0.717, 1.165) is 24.6 Å². The lowest BCUT2D eigenvalue weighted by molar-refractivity contribution is 0.174. The van der Waals surface area contributed by atoms with Gasteiger partial charge in [0.1, 0.15) is 18.1 Å². The third-order valence-electron chi connectivity index (χ3n) is 5.17. The number of hydrogen-bond donors (Lipinski definition) is 1. The summed E-state index contributed by atoms with van der Waals surface area (Å²) in [7, 11) is 1.66. The molecule has 4 heteroatoms. The van der Waals surface area contributed by atoms with Crippen molar-refractivity contribution in [3.63, 3.8) is 0 Å². The molecule has 0 aliphatic carbocycles. The Hall–Kier alpha value is -2.56. The highest BCUT2D eigenvalue weighted by molar-refractivity contribution is 5.87. The molecule has 0 saturated carbocycles. The van der Waals surface area contributed by atoms with Gasteiger partial charge in [-0.2, -0.15) is 0 Å². The molecule has 1 aliphatic heterocycles. The van der Waals surface area contributed by atoms with Crippen LogP contribution in [0.4, 0.5) is 0 Å². The molecule has 0 spiro atoms. The normalized spacial score (nSPS) is 16.6. The largest absolute Gasteiger partial charge is 0.497 e. The zero-order valence-corrected chi connectivity index (χ0v) is 15.0. The summed E-state index contributed by atoms with van der Waals surface area (Å²) in [5, 5.41) is 2.63. The van der Waals surface area contributed by atoms with E-state index in [2.05, 4.69) is 41.3 Å². The van der Waals surface area contributed by atoms with Crippen molar-refractivity contribution in [3.05, 3.63) is 71.8 Å². The molecular formula is C22H24N2O2. The average Bonchev–Trinajstić information content (AvgIpc) is 3.06. The van der Waals surface area contributed by atoms with Gasteiger partial charge in [-0.05, 0) is 46.2 Å². The molecule has 0 saturated heterocycles. The van der Waals surface area contributed by atoms with Crippen LogP contribution in [0, 0.1) is 0 Å². The third kappa shape index (κ3) is 3.14. The van der Waals surface area contributed by atoms with Gasteiger partial charge in [-0.25, -0.2) is 0 Å². The van der Waals surface area contributed by atoms with E-state index in [4.69, 9.17) is 15.2 Å². The average molecular weight is 348 g/mol. The molecule has 4 rings (SSSR count). The Balaban J connectivity index is 1.46. The zero-order valence-electron chi connectivity index (χ0n) is 15.0. The highest BCUT2D eigenvalue weighted by atomic mass is 16.5. The van der Waals surface area contributed by atoms with E-state index in [1.165, 1.54) is 21.9 Å². The molecule has 4 nitrogen and oxygen atoms in total. The predicted octanol–water partition coefficient (Wildman–Crippen LogP) is 3.74. The molecular weight excluding hydrogens is 324 g/mol. The van der Waals surface area contributed by atoms with Gasteiger partial charge in [0.15, 0.2) is 0 Å². The Morgan fingerprint density at radius 3 is 2.54 bits per heavy atom. The maximum Gasteiger partial charge on any atom is 0.119 e. The number of nitrogens with two attached hydrogens (primary N) is 1. The van der Waals surface area contributed by atoms with Crippen molar-refractivity contribution in [1.82, 2.24) is 4.90 Å². The van der Waals surface area contributed by atoms with E-state index in [1.54, 1.807) is 7.11 Å². The first kappa shape index (κ1) is 16.9. The van der Waals surface area contributed by atoms with Crippen LogP contribution in [0.15, 0.2) is 60.7 Å². The minimum absolute atomic E-state index is 0.258. The van der Waals surface area contributed by atoms with Crippen LogP contribution in [0.1, 0.15) is 17.2 Å². The van der Waals surface area contributed by atoms with E-state index in [0.29, 0.717) is 13.2 Å². The summed E-state index contributed by atoms with van der Waals surface area (Å²) in [6, 6.07) is 21.0. The Kier molecular flexibility index (Phi) is 4.78. The van der Waals surface area contributed by atoms with Gasteiger partial charge in [0.2, 0.25) is 0 Å². The minimum Gasteiger partial charge on any atom is -0.497 e. The van der Waals surface area contributed by atoms with Crippen molar-refractivity contribution in [2.45, 2.75) is 12.6 Å². The smallest absolute Gasteiger partial charge is 0.119 e. The number of hydrogen-bond acceptors (Lipinski definition) is 4. The second-order valence-corrected chi connectivity index (χ2v) is 6.60. The van der Waals surface area contributed by atoms with E-state index in [-0.39, 0.29) is 6.04 Å². The van der Waals surface area contributed by atoms with Gasteiger partial charge < -0.3 is 15.2 Å². The zero-order chi connectivity index (χ0) is 17.9. The third-order valence-corrected chi connectivity index (χ3v) is 5.17. The van der Waals surface area contributed by atoms with Gasteiger partial charge in [0.25, 0.3) is 0 Å². The van der Waals surface area contributed by atoms with Crippen molar-refractivity contribution in [1.29, 1.82) is 0 Å². The van der Waals surface area contributed by atoms with E-state index in [9.17, 15) is 0 Å². The van der Waals surface area contributed by atoms with Crippen molar-refractivity contribution in [2.75, 3.05) is 26.8 Å². The number of rotatable bonds is 6. The van der Waals surface area contributed by atoms with Gasteiger partial charge in [-0.15, -0.1) is 0 Å². The summed E-state index contributed by atoms with van der Waals surface area (Å²) in [4.78, 5) is 2.42. The summed E-state index contributed by atoms with van der Waals surface area (Å²) in [5.74, 6) is 1.69. The summed E-state index contributed by atoms with van der Waals surface area (Å²) >= 11 is 0. The Morgan fingerprint density at radius 2 is 1.77 bits per heavy atom. The van der Waals surface area contributed by atoms with Gasteiger partial charge in [-0.3, -0.25) is 4.90 Å². The SMILES string of the molecule is COc1ccc(OCCN2Cc3c(ccc4ccccc34)C2CN)cc1. The molecule has 134 valence electrons. The van der Waals surface area contributed by atoms with Gasteiger partial charge in [0, 0.05) is 25.7 Å². The molecule has 1 heterocycles. The number of fused-ring (bicyclic) bond motifs is 3. The molecule has 1 aliphatic rings. The molecule has 3 aromatic rings. The molecule has 0 fully saturated rings. The highest BCUT2D eigenvalue weighted by Crippen LogP contribution is 2.37. The summed E-state index contributed by atoms with van der Waals surface area (Å²) in [6.07, 6.45) is 0. The predicted molar refractivity (Wildman–Crippen MR) is 105 cm³/mol. The lowest BCUT2D eigenvalue weighted by Crippen LogP contribution is -2.31. The fourth-order valence-corrected chi connectivity index (χ4v) is 3.82. The maximum absolute atomic E-state index is 6.10. The fourth-order valence-electron chi connectivity index (χ4n) is 3.82. The van der Waals surface area contributed by atoms with E-state index < -0.39 is 0 Å².